The van der Waals surface area contributed by atoms with Gasteiger partial charge in [0.15, 0.2) is 0 Å². The van der Waals surface area contributed by atoms with Crippen LogP contribution in [-0.2, 0) is 11.3 Å². The van der Waals surface area contributed by atoms with Gasteiger partial charge in [-0.25, -0.2) is 4.98 Å². The van der Waals surface area contributed by atoms with Crippen molar-refractivity contribution in [1.82, 2.24) is 14.9 Å². The molecular weight excluding hydrogens is 340 g/mol. The van der Waals surface area contributed by atoms with Crippen molar-refractivity contribution in [2.24, 2.45) is 0 Å². The Morgan fingerprint density at radius 2 is 1.93 bits per heavy atom. The first-order valence-electron chi connectivity index (χ1n) is 9.24. The van der Waals surface area contributed by atoms with Crippen molar-refractivity contribution in [3.8, 4) is 0 Å². The van der Waals surface area contributed by atoms with Gasteiger partial charge in [-0.1, -0.05) is 24.3 Å². The van der Waals surface area contributed by atoms with Crippen LogP contribution in [0.4, 0.5) is 5.69 Å². The first kappa shape index (κ1) is 17.3. The molecular formula is C21H22N4O2. The molecule has 0 aliphatic carbocycles. The fraction of sp³-hybridized carbons (Fsp3) is 0.286. The number of amides is 2. The van der Waals surface area contributed by atoms with E-state index >= 15 is 0 Å². The Morgan fingerprint density at radius 1 is 1.15 bits per heavy atom. The van der Waals surface area contributed by atoms with Crippen LogP contribution in [0.1, 0.15) is 29.0 Å². The number of benzene rings is 2. The summed E-state index contributed by atoms with van der Waals surface area (Å²) in [6, 6.07) is 15.3. The van der Waals surface area contributed by atoms with Crippen LogP contribution in [-0.4, -0.2) is 34.5 Å². The number of para-hydroxylation sites is 3. The Bertz CT molecular complexity index is 1010. The Balaban J connectivity index is 1.47. The van der Waals surface area contributed by atoms with E-state index in [0.29, 0.717) is 37.3 Å². The summed E-state index contributed by atoms with van der Waals surface area (Å²) < 4.78 is 2.10. The maximum Gasteiger partial charge on any atom is 0.253 e. The predicted molar refractivity (Wildman–Crippen MR) is 105 cm³/mol. The molecule has 0 spiro atoms. The van der Waals surface area contributed by atoms with Crippen LogP contribution in [0.5, 0.6) is 0 Å². The molecule has 0 bridgehead atoms. The lowest BCUT2D eigenvalue weighted by molar-refractivity contribution is -0.117. The molecule has 1 aliphatic rings. The summed E-state index contributed by atoms with van der Waals surface area (Å²) in [5, 5.41) is 2.98. The largest absolute Gasteiger partial charge is 0.350 e. The first-order valence-corrected chi connectivity index (χ1v) is 9.24. The molecule has 27 heavy (non-hydrogen) atoms. The summed E-state index contributed by atoms with van der Waals surface area (Å²) in [5.41, 5.74) is 3.26. The summed E-state index contributed by atoms with van der Waals surface area (Å²) >= 11 is 0. The molecule has 0 unspecified atom stereocenters. The fourth-order valence-electron chi connectivity index (χ4n) is 3.66. The quantitative estimate of drug-likeness (QED) is 0.759. The molecule has 1 aromatic heterocycles. The van der Waals surface area contributed by atoms with Crippen molar-refractivity contribution in [2.45, 2.75) is 26.3 Å². The molecule has 2 heterocycles. The zero-order valence-corrected chi connectivity index (χ0v) is 15.3. The van der Waals surface area contributed by atoms with E-state index in [4.69, 9.17) is 0 Å². The number of carbonyl (C=O) groups excluding carboxylic acids is 2. The number of anilines is 1. The van der Waals surface area contributed by atoms with E-state index in [9.17, 15) is 9.59 Å². The Hall–Kier alpha value is -3.15. The number of carbonyl (C=O) groups is 2. The average molecular weight is 362 g/mol. The van der Waals surface area contributed by atoms with Gasteiger partial charge in [0.25, 0.3) is 5.91 Å². The molecule has 138 valence electrons. The summed E-state index contributed by atoms with van der Waals surface area (Å²) in [5.74, 6) is 0.844. The molecule has 1 fully saturated rings. The second-order valence-corrected chi connectivity index (χ2v) is 6.72. The molecule has 6 nitrogen and oxygen atoms in total. The minimum Gasteiger partial charge on any atom is -0.350 e. The Labute approximate surface area is 157 Å². The number of fused-ring (bicyclic) bond motifs is 1. The number of imidazole rings is 1. The minimum absolute atomic E-state index is 0.0794. The van der Waals surface area contributed by atoms with Gasteiger partial charge in [-0.05, 0) is 37.6 Å². The maximum absolute atomic E-state index is 12.7. The van der Waals surface area contributed by atoms with Gasteiger partial charge < -0.3 is 14.8 Å². The third kappa shape index (κ3) is 3.30. The predicted octanol–water partition coefficient (Wildman–Crippen LogP) is 2.90. The van der Waals surface area contributed by atoms with Crippen molar-refractivity contribution in [3.05, 3.63) is 59.9 Å². The molecule has 0 saturated carbocycles. The van der Waals surface area contributed by atoms with Crippen LogP contribution in [0.3, 0.4) is 0 Å². The van der Waals surface area contributed by atoms with E-state index in [1.54, 1.807) is 11.0 Å². The fourth-order valence-corrected chi connectivity index (χ4v) is 3.66. The summed E-state index contributed by atoms with van der Waals surface area (Å²) in [6.07, 6.45) is 1.38. The highest BCUT2D eigenvalue weighted by Gasteiger charge is 2.25. The van der Waals surface area contributed by atoms with Crippen LogP contribution in [0.15, 0.2) is 48.5 Å². The summed E-state index contributed by atoms with van der Waals surface area (Å²) in [4.78, 5) is 31.1. The highest BCUT2D eigenvalue weighted by atomic mass is 16.2. The zero-order valence-electron chi connectivity index (χ0n) is 15.3. The molecule has 1 saturated heterocycles. The van der Waals surface area contributed by atoms with Gasteiger partial charge in [-0.3, -0.25) is 9.59 Å². The Kier molecular flexibility index (Phi) is 4.62. The van der Waals surface area contributed by atoms with Crippen LogP contribution in [0, 0.1) is 6.92 Å². The number of nitrogens with one attached hydrogen (secondary N) is 1. The standard InChI is InChI=1S/C21H22N4O2/c1-15-23-17-8-3-5-10-19(17)24(15)14-12-22-21(27)16-7-2-4-9-18(16)25-13-6-11-20(25)26/h2-5,7-10H,6,11-14H2,1H3,(H,22,27). The van der Waals surface area contributed by atoms with Crippen LogP contribution in [0.2, 0.25) is 0 Å². The highest BCUT2D eigenvalue weighted by Crippen LogP contribution is 2.25. The van der Waals surface area contributed by atoms with Crippen LogP contribution >= 0.6 is 0 Å². The number of aromatic nitrogens is 2. The lowest BCUT2D eigenvalue weighted by Gasteiger charge is -2.19. The molecule has 4 rings (SSSR count). The third-order valence-corrected chi connectivity index (χ3v) is 4.98. The van der Waals surface area contributed by atoms with Gasteiger partial charge in [0.05, 0.1) is 22.3 Å². The average Bonchev–Trinajstić information content (AvgIpc) is 3.24. The molecule has 2 aromatic carbocycles. The molecule has 3 aromatic rings. The topological polar surface area (TPSA) is 67.2 Å². The maximum atomic E-state index is 12.7. The van der Waals surface area contributed by atoms with Gasteiger partial charge in [-0.2, -0.15) is 0 Å². The van der Waals surface area contributed by atoms with E-state index in [1.165, 1.54) is 0 Å². The third-order valence-electron chi connectivity index (χ3n) is 4.98. The second kappa shape index (κ2) is 7.23. The number of nitrogens with zero attached hydrogens (tertiary/aromatic N) is 3. The molecule has 6 heteroatoms. The highest BCUT2D eigenvalue weighted by molar-refractivity contribution is 6.05. The minimum atomic E-state index is -0.160. The molecule has 1 aliphatic heterocycles. The summed E-state index contributed by atoms with van der Waals surface area (Å²) in [6.45, 7) is 3.77. The normalized spacial score (nSPS) is 14.1. The van der Waals surface area contributed by atoms with Gasteiger partial charge >= 0.3 is 0 Å². The van der Waals surface area contributed by atoms with E-state index < -0.39 is 0 Å². The SMILES string of the molecule is Cc1nc2ccccc2n1CCNC(=O)c1ccccc1N1CCCC1=O. The van der Waals surface area contributed by atoms with Crippen molar-refractivity contribution in [3.63, 3.8) is 0 Å². The number of hydrogen-bond donors (Lipinski definition) is 1. The van der Waals surface area contributed by atoms with E-state index in [1.807, 2.05) is 49.4 Å². The van der Waals surface area contributed by atoms with Crippen LogP contribution < -0.4 is 10.2 Å². The van der Waals surface area contributed by atoms with Gasteiger partial charge in [-0.15, -0.1) is 0 Å². The number of hydrogen-bond acceptors (Lipinski definition) is 3. The summed E-state index contributed by atoms with van der Waals surface area (Å²) in [7, 11) is 0. The molecule has 0 radical (unpaired) electrons. The van der Waals surface area contributed by atoms with Crippen molar-refractivity contribution >= 4 is 28.5 Å². The van der Waals surface area contributed by atoms with Gasteiger partial charge in [0, 0.05) is 26.1 Å². The molecule has 0 atom stereocenters. The second-order valence-electron chi connectivity index (χ2n) is 6.72. The smallest absolute Gasteiger partial charge is 0.253 e. The molecule has 1 N–H and O–H groups in total. The van der Waals surface area contributed by atoms with E-state index in [-0.39, 0.29) is 11.8 Å². The number of aryl methyl sites for hydroxylation is 1. The first-order chi connectivity index (χ1) is 13.1. The van der Waals surface area contributed by atoms with E-state index in [2.05, 4.69) is 14.9 Å². The van der Waals surface area contributed by atoms with Gasteiger partial charge in [0.2, 0.25) is 5.91 Å². The van der Waals surface area contributed by atoms with E-state index in [0.717, 1.165) is 23.3 Å². The van der Waals surface area contributed by atoms with Crippen molar-refractivity contribution in [2.75, 3.05) is 18.0 Å². The zero-order chi connectivity index (χ0) is 18.8. The monoisotopic (exact) mass is 362 g/mol. The lowest BCUT2D eigenvalue weighted by Crippen LogP contribution is -2.31. The number of rotatable bonds is 5. The Morgan fingerprint density at radius 3 is 2.74 bits per heavy atom. The van der Waals surface area contributed by atoms with Crippen molar-refractivity contribution in [1.29, 1.82) is 0 Å². The molecule has 2 amide bonds. The van der Waals surface area contributed by atoms with Crippen LogP contribution in [0.25, 0.3) is 11.0 Å². The van der Waals surface area contributed by atoms with Gasteiger partial charge in [0.1, 0.15) is 5.82 Å². The van der Waals surface area contributed by atoms with Crippen molar-refractivity contribution < 1.29 is 9.59 Å². The lowest BCUT2D eigenvalue weighted by atomic mass is 10.1.